The van der Waals surface area contributed by atoms with Crippen molar-refractivity contribution in [2.45, 2.75) is 13.0 Å². The Labute approximate surface area is 104 Å². The van der Waals surface area contributed by atoms with Gasteiger partial charge in [-0.25, -0.2) is 0 Å². The second-order valence-corrected chi connectivity index (χ2v) is 4.32. The van der Waals surface area contributed by atoms with Crippen LogP contribution in [0.3, 0.4) is 0 Å². The first-order chi connectivity index (χ1) is 7.93. The number of carboxylic acid groups (broad SMARTS) is 1. The van der Waals surface area contributed by atoms with Crippen molar-refractivity contribution in [3.05, 3.63) is 0 Å². The lowest BCUT2D eigenvalue weighted by Crippen LogP contribution is -2.36. The third kappa shape index (κ3) is 9.64. The Morgan fingerprint density at radius 3 is 2.41 bits per heavy atom. The molecule has 0 aliphatic heterocycles. The quantitative estimate of drug-likeness (QED) is 0.391. The van der Waals surface area contributed by atoms with Crippen LogP contribution >= 0.6 is 11.8 Å². The summed E-state index contributed by atoms with van der Waals surface area (Å²) < 4.78 is 0. The zero-order valence-electron chi connectivity index (χ0n) is 9.56. The number of carboxylic acids is 1. The lowest BCUT2D eigenvalue weighted by molar-refractivity contribution is -0.138. The van der Waals surface area contributed by atoms with E-state index in [1.54, 1.807) is 0 Å². The minimum atomic E-state index is -1.08. The average molecular weight is 263 g/mol. The van der Waals surface area contributed by atoms with Crippen molar-refractivity contribution in [2.75, 3.05) is 24.6 Å². The first-order valence-corrected chi connectivity index (χ1v) is 6.16. The molecule has 0 spiro atoms. The molecule has 0 aromatic heterocycles. The van der Waals surface area contributed by atoms with E-state index in [4.69, 9.17) is 10.8 Å². The fourth-order valence-electron chi connectivity index (χ4n) is 0.841. The van der Waals surface area contributed by atoms with E-state index in [0.717, 1.165) is 11.8 Å². The lowest BCUT2D eigenvalue weighted by Gasteiger charge is -2.07. The molecule has 0 aromatic rings. The van der Waals surface area contributed by atoms with E-state index < -0.39 is 12.0 Å². The van der Waals surface area contributed by atoms with Crippen LogP contribution < -0.4 is 16.4 Å². The van der Waals surface area contributed by atoms with E-state index in [1.165, 1.54) is 6.92 Å². The van der Waals surface area contributed by atoms with Gasteiger partial charge in [0.2, 0.25) is 11.8 Å². The van der Waals surface area contributed by atoms with E-state index in [0.29, 0.717) is 13.1 Å². The van der Waals surface area contributed by atoms with Crippen molar-refractivity contribution in [1.29, 1.82) is 0 Å². The van der Waals surface area contributed by atoms with Crippen LogP contribution in [-0.4, -0.2) is 53.5 Å². The predicted molar refractivity (Wildman–Crippen MR) is 64.6 cm³/mol. The molecule has 0 saturated carbocycles. The van der Waals surface area contributed by atoms with Crippen LogP contribution in [0, 0.1) is 0 Å². The molecule has 2 amide bonds. The standard InChI is InChI=1S/C9H17N3O4S/c1-6(13)11-2-3-12-8(14)5-17-4-7(10)9(15)16/h7H,2-5,10H2,1H3,(H,11,13)(H,12,14)(H,15,16)/t7-/m0/s1. The Hall–Kier alpha value is -1.28. The van der Waals surface area contributed by atoms with Gasteiger partial charge in [-0.3, -0.25) is 14.4 Å². The average Bonchev–Trinajstić information content (AvgIpc) is 2.23. The Balaban J connectivity index is 3.47. The van der Waals surface area contributed by atoms with E-state index >= 15 is 0 Å². The second-order valence-electron chi connectivity index (χ2n) is 3.29. The van der Waals surface area contributed by atoms with Crippen LogP contribution in [0.4, 0.5) is 0 Å². The maximum absolute atomic E-state index is 11.2. The molecule has 0 radical (unpaired) electrons. The van der Waals surface area contributed by atoms with Crippen LogP contribution in [0.1, 0.15) is 6.92 Å². The first-order valence-electron chi connectivity index (χ1n) is 5.00. The van der Waals surface area contributed by atoms with E-state index in [9.17, 15) is 14.4 Å². The molecule has 98 valence electrons. The molecule has 7 nitrogen and oxygen atoms in total. The Morgan fingerprint density at radius 1 is 1.29 bits per heavy atom. The normalized spacial score (nSPS) is 11.6. The third-order valence-electron chi connectivity index (χ3n) is 1.67. The molecule has 0 rings (SSSR count). The number of amides is 2. The summed E-state index contributed by atoms with van der Waals surface area (Å²) in [6.45, 7) is 2.12. The molecule has 8 heteroatoms. The predicted octanol–water partition coefficient (Wildman–Crippen LogP) is -1.62. The number of aliphatic carboxylic acids is 1. The van der Waals surface area contributed by atoms with Crippen LogP contribution in [0.2, 0.25) is 0 Å². The minimum Gasteiger partial charge on any atom is -0.480 e. The highest BCUT2D eigenvalue weighted by Crippen LogP contribution is 2.01. The summed E-state index contributed by atoms with van der Waals surface area (Å²) >= 11 is 1.16. The highest BCUT2D eigenvalue weighted by molar-refractivity contribution is 8.00. The molecule has 0 saturated heterocycles. The molecular formula is C9H17N3O4S. The highest BCUT2D eigenvalue weighted by atomic mass is 32.2. The maximum Gasteiger partial charge on any atom is 0.321 e. The molecule has 0 aliphatic carbocycles. The summed E-state index contributed by atoms with van der Waals surface area (Å²) in [7, 11) is 0. The van der Waals surface area contributed by atoms with Crippen molar-refractivity contribution in [2.24, 2.45) is 5.73 Å². The number of hydrogen-bond donors (Lipinski definition) is 4. The summed E-state index contributed by atoms with van der Waals surface area (Å²) in [6.07, 6.45) is 0. The summed E-state index contributed by atoms with van der Waals surface area (Å²) in [4.78, 5) is 32.1. The van der Waals surface area contributed by atoms with Gasteiger partial charge in [-0.15, -0.1) is 11.8 Å². The van der Waals surface area contributed by atoms with Gasteiger partial charge >= 0.3 is 5.97 Å². The van der Waals surface area contributed by atoms with Crippen molar-refractivity contribution >= 4 is 29.5 Å². The molecule has 0 bridgehead atoms. The van der Waals surface area contributed by atoms with Crippen molar-refractivity contribution in [3.63, 3.8) is 0 Å². The molecule has 1 atom stereocenters. The van der Waals surface area contributed by atoms with Gasteiger partial charge in [-0.2, -0.15) is 0 Å². The van der Waals surface area contributed by atoms with E-state index in [-0.39, 0.29) is 23.3 Å². The molecule has 5 N–H and O–H groups in total. The number of carbonyl (C=O) groups excluding carboxylic acids is 2. The molecule has 0 aromatic carbocycles. The van der Waals surface area contributed by atoms with Gasteiger partial charge in [-0.1, -0.05) is 0 Å². The van der Waals surface area contributed by atoms with Gasteiger partial charge in [0.15, 0.2) is 0 Å². The lowest BCUT2D eigenvalue weighted by atomic mass is 10.4. The van der Waals surface area contributed by atoms with E-state index in [2.05, 4.69) is 10.6 Å². The fraction of sp³-hybridized carbons (Fsp3) is 0.667. The van der Waals surface area contributed by atoms with Crippen LogP contribution in [0.25, 0.3) is 0 Å². The van der Waals surface area contributed by atoms with Gasteiger partial charge in [0.25, 0.3) is 0 Å². The number of nitrogens with two attached hydrogens (primary N) is 1. The summed E-state index contributed by atoms with van der Waals surface area (Å²) in [5.74, 6) is -1.10. The third-order valence-corrected chi connectivity index (χ3v) is 2.73. The molecule has 0 heterocycles. The highest BCUT2D eigenvalue weighted by Gasteiger charge is 2.11. The number of thioether (sulfide) groups is 1. The molecule has 17 heavy (non-hydrogen) atoms. The van der Waals surface area contributed by atoms with Gasteiger partial charge in [0, 0.05) is 25.8 Å². The number of hydrogen-bond acceptors (Lipinski definition) is 5. The zero-order chi connectivity index (χ0) is 13.3. The second kappa shape index (κ2) is 8.82. The van der Waals surface area contributed by atoms with Crippen LogP contribution in [-0.2, 0) is 14.4 Å². The van der Waals surface area contributed by atoms with Gasteiger partial charge in [0.1, 0.15) is 6.04 Å². The SMILES string of the molecule is CC(=O)NCCNC(=O)CSC[C@H](N)C(=O)O. The van der Waals surface area contributed by atoms with Crippen LogP contribution in [0.15, 0.2) is 0 Å². The maximum atomic E-state index is 11.2. The Kier molecular flexibility index (Phi) is 8.16. The Morgan fingerprint density at radius 2 is 1.88 bits per heavy atom. The van der Waals surface area contributed by atoms with Crippen molar-refractivity contribution in [1.82, 2.24) is 10.6 Å². The Bertz CT molecular complexity index is 285. The van der Waals surface area contributed by atoms with Crippen LogP contribution in [0.5, 0.6) is 0 Å². The molecule has 0 unspecified atom stereocenters. The van der Waals surface area contributed by atoms with E-state index in [1.807, 2.05) is 0 Å². The number of rotatable bonds is 8. The monoisotopic (exact) mass is 263 g/mol. The van der Waals surface area contributed by atoms with Crippen molar-refractivity contribution < 1.29 is 19.5 Å². The molecule has 0 aliphatic rings. The smallest absolute Gasteiger partial charge is 0.321 e. The largest absolute Gasteiger partial charge is 0.480 e. The topological polar surface area (TPSA) is 122 Å². The zero-order valence-corrected chi connectivity index (χ0v) is 10.4. The summed E-state index contributed by atoms with van der Waals surface area (Å²) in [6, 6.07) is -0.952. The van der Waals surface area contributed by atoms with Gasteiger partial charge in [0.05, 0.1) is 5.75 Å². The molecular weight excluding hydrogens is 246 g/mol. The van der Waals surface area contributed by atoms with Crippen molar-refractivity contribution in [3.8, 4) is 0 Å². The number of nitrogens with one attached hydrogen (secondary N) is 2. The summed E-state index contributed by atoms with van der Waals surface area (Å²) in [5.41, 5.74) is 5.26. The first kappa shape index (κ1) is 15.7. The van der Waals surface area contributed by atoms with Gasteiger partial charge in [-0.05, 0) is 0 Å². The molecule has 0 fully saturated rings. The summed E-state index contributed by atoms with van der Waals surface area (Å²) in [5, 5.41) is 13.6. The number of carbonyl (C=O) groups is 3. The fourth-order valence-corrected chi connectivity index (χ4v) is 1.64. The van der Waals surface area contributed by atoms with Gasteiger partial charge < -0.3 is 21.5 Å². The minimum absolute atomic E-state index is 0.152.